The van der Waals surface area contributed by atoms with E-state index in [0.29, 0.717) is 11.1 Å². The van der Waals surface area contributed by atoms with Crippen LogP contribution in [0, 0.1) is 11.8 Å². The third-order valence-corrected chi connectivity index (χ3v) is 6.56. The average Bonchev–Trinajstić information content (AvgIpc) is 2.79. The lowest BCUT2D eigenvalue weighted by molar-refractivity contribution is -0.0905. The van der Waals surface area contributed by atoms with Crippen molar-refractivity contribution in [3.63, 3.8) is 0 Å². The average molecular weight is 407 g/mol. The third kappa shape index (κ3) is 4.92. The SMILES string of the molecule is O=C(OC1C2CCCCC(CCCC2)C1OC(=O)c1ccccc1)c1ccccc1. The zero-order valence-electron chi connectivity index (χ0n) is 17.4. The lowest BCUT2D eigenvalue weighted by atomic mass is 9.74. The molecule has 0 heterocycles. The molecule has 0 radical (unpaired) electrons. The Labute approximate surface area is 178 Å². The van der Waals surface area contributed by atoms with Crippen molar-refractivity contribution in [2.24, 2.45) is 11.8 Å². The number of hydrogen-bond acceptors (Lipinski definition) is 4. The third-order valence-electron chi connectivity index (χ3n) is 6.56. The maximum absolute atomic E-state index is 12.9. The molecule has 0 saturated heterocycles. The summed E-state index contributed by atoms with van der Waals surface area (Å²) in [5.74, 6) is -0.193. The van der Waals surface area contributed by atoms with Crippen LogP contribution in [0.5, 0.6) is 0 Å². The van der Waals surface area contributed by atoms with Crippen LogP contribution in [-0.4, -0.2) is 24.1 Å². The smallest absolute Gasteiger partial charge is 0.338 e. The van der Waals surface area contributed by atoms with Crippen molar-refractivity contribution in [3.8, 4) is 0 Å². The summed E-state index contributed by atoms with van der Waals surface area (Å²) in [5.41, 5.74) is 1.08. The van der Waals surface area contributed by atoms with Crippen LogP contribution in [0.25, 0.3) is 0 Å². The largest absolute Gasteiger partial charge is 0.455 e. The summed E-state index contributed by atoms with van der Waals surface area (Å²) in [6.07, 6.45) is 7.82. The molecule has 4 nitrogen and oxygen atoms in total. The van der Waals surface area contributed by atoms with Crippen LogP contribution in [0.1, 0.15) is 72.1 Å². The quantitative estimate of drug-likeness (QED) is 0.601. The van der Waals surface area contributed by atoms with Crippen LogP contribution in [0.4, 0.5) is 0 Å². The van der Waals surface area contributed by atoms with E-state index in [9.17, 15) is 9.59 Å². The topological polar surface area (TPSA) is 52.6 Å². The molecule has 2 aliphatic rings. The Hall–Kier alpha value is -2.62. The fourth-order valence-electron chi connectivity index (χ4n) is 4.97. The highest BCUT2D eigenvalue weighted by atomic mass is 16.6. The first kappa shape index (κ1) is 20.6. The summed E-state index contributed by atoms with van der Waals surface area (Å²) in [7, 11) is 0. The zero-order valence-corrected chi connectivity index (χ0v) is 17.4. The Balaban J connectivity index is 1.62. The minimum absolute atomic E-state index is 0.231. The first-order valence-electron chi connectivity index (χ1n) is 11.2. The Bertz CT molecular complexity index is 749. The second-order valence-corrected chi connectivity index (χ2v) is 8.56. The standard InChI is InChI=1S/C26H30O4/c27-25(21-15-3-1-4-16-21)29-23-19-11-7-9-13-20(14-10-8-12-19)24(23)30-26(28)22-17-5-2-6-18-22/h1-6,15-20,23-24H,7-14H2. The molecule has 2 saturated carbocycles. The zero-order chi connectivity index (χ0) is 20.8. The molecule has 30 heavy (non-hydrogen) atoms. The molecule has 2 aromatic carbocycles. The van der Waals surface area contributed by atoms with Crippen LogP contribution in [0.3, 0.4) is 0 Å². The van der Waals surface area contributed by atoms with Gasteiger partial charge in [-0.1, -0.05) is 62.1 Å². The van der Waals surface area contributed by atoms with Crippen LogP contribution < -0.4 is 0 Å². The molecule has 0 aliphatic heterocycles. The number of carbonyl (C=O) groups excluding carboxylic acids is 2. The van der Waals surface area contributed by atoms with Gasteiger partial charge in [-0.05, 0) is 61.8 Å². The van der Waals surface area contributed by atoms with Gasteiger partial charge in [0.25, 0.3) is 0 Å². The predicted octanol–water partition coefficient (Wildman–Crippen LogP) is 5.82. The van der Waals surface area contributed by atoms with Gasteiger partial charge in [0.05, 0.1) is 11.1 Å². The molecule has 0 N–H and O–H groups in total. The van der Waals surface area contributed by atoms with Crippen molar-refractivity contribution in [3.05, 3.63) is 71.8 Å². The van der Waals surface area contributed by atoms with Crippen molar-refractivity contribution >= 4 is 11.9 Å². The predicted molar refractivity (Wildman–Crippen MR) is 115 cm³/mol. The Morgan fingerprint density at radius 3 is 1.23 bits per heavy atom. The van der Waals surface area contributed by atoms with E-state index in [-0.39, 0.29) is 23.8 Å². The monoisotopic (exact) mass is 406 g/mol. The number of benzene rings is 2. The number of ether oxygens (including phenoxy) is 2. The maximum atomic E-state index is 12.9. The molecule has 0 spiro atoms. The summed E-state index contributed by atoms with van der Waals surface area (Å²) in [5, 5.41) is 0. The summed E-state index contributed by atoms with van der Waals surface area (Å²) in [4.78, 5) is 25.8. The van der Waals surface area contributed by atoms with E-state index < -0.39 is 12.2 Å². The second-order valence-electron chi connectivity index (χ2n) is 8.56. The highest BCUT2D eigenvalue weighted by molar-refractivity contribution is 5.90. The van der Waals surface area contributed by atoms with Crippen LogP contribution in [0.2, 0.25) is 0 Å². The molecule has 4 heteroatoms. The summed E-state index contributed by atoms with van der Waals surface area (Å²) < 4.78 is 12.2. The summed E-state index contributed by atoms with van der Waals surface area (Å²) >= 11 is 0. The minimum atomic E-state index is -0.393. The van der Waals surface area contributed by atoms with Gasteiger partial charge in [0.15, 0.2) is 0 Å². The molecule has 2 atom stereocenters. The maximum Gasteiger partial charge on any atom is 0.338 e. The van der Waals surface area contributed by atoms with Crippen molar-refractivity contribution in [1.82, 2.24) is 0 Å². The highest BCUT2D eigenvalue weighted by Gasteiger charge is 2.42. The molecule has 2 aliphatic carbocycles. The van der Waals surface area contributed by atoms with E-state index in [1.807, 2.05) is 36.4 Å². The number of fused-ring (bicyclic) bond motifs is 3. The fraction of sp³-hybridized carbons (Fsp3) is 0.462. The molecule has 2 fully saturated rings. The summed E-state index contributed by atoms with van der Waals surface area (Å²) in [6.45, 7) is 0. The van der Waals surface area contributed by atoms with Gasteiger partial charge in [-0.15, -0.1) is 0 Å². The van der Waals surface area contributed by atoms with Crippen LogP contribution in [-0.2, 0) is 9.47 Å². The van der Waals surface area contributed by atoms with Crippen molar-refractivity contribution in [1.29, 1.82) is 0 Å². The van der Waals surface area contributed by atoms with E-state index in [4.69, 9.17) is 9.47 Å². The molecule has 2 unspecified atom stereocenters. The molecular weight excluding hydrogens is 376 g/mol. The van der Waals surface area contributed by atoms with Crippen molar-refractivity contribution < 1.29 is 19.1 Å². The van der Waals surface area contributed by atoms with Gasteiger partial charge in [0, 0.05) is 0 Å². The molecule has 2 bridgehead atoms. The number of esters is 2. The summed E-state index contributed by atoms with van der Waals surface area (Å²) in [6, 6.07) is 18.2. The van der Waals surface area contributed by atoms with E-state index in [0.717, 1.165) is 51.4 Å². The first-order valence-corrected chi connectivity index (χ1v) is 11.2. The molecule has 158 valence electrons. The van der Waals surface area contributed by atoms with Gasteiger partial charge in [0.1, 0.15) is 12.2 Å². The van der Waals surface area contributed by atoms with Crippen molar-refractivity contribution in [2.45, 2.75) is 63.6 Å². The van der Waals surface area contributed by atoms with Gasteiger partial charge in [-0.25, -0.2) is 9.59 Å². The van der Waals surface area contributed by atoms with Crippen LogP contribution in [0.15, 0.2) is 60.7 Å². The Kier molecular flexibility index (Phi) is 6.83. The lowest BCUT2D eigenvalue weighted by Gasteiger charge is -2.40. The second kappa shape index (κ2) is 9.92. The first-order chi connectivity index (χ1) is 14.7. The van der Waals surface area contributed by atoms with Crippen LogP contribution >= 0.6 is 0 Å². The molecule has 0 amide bonds. The lowest BCUT2D eigenvalue weighted by Crippen LogP contribution is -2.47. The molecular formula is C26H30O4. The van der Waals surface area contributed by atoms with Crippen molar-refractivity contribution in [2.75, 3.05) is 0 Å². The molecule has 4 rings (SSSR count). The Morgan fingerprint density at radius 2 is 0.900 bits per heavy atom. The van der Waals surface area contributed by atoms with E-state index in [1.165, 1.54) is 0 Å². The molecule has 0 aromatic heterocycles. The van der Waals surface area contributed by atoms with E-state index in [2.05, 4.69) is 0 Å². The van der Waals surface area contributed by atoms with Gasteiger partial charge in [0.2, 0.25) is 0 Å². The normalized spacial score (nSPS) is 26.5. The minimum Gasteiger partial charge on any atom is -0.455 e. The fourth-order valence-corrected chi connectivity index (χ4v) is 4.97. The van der Waals surface area contributed by atoms with Gasteiger partial charge < -0.3 is 9.47 Å². The Morgan fingerprint density at radius 1 is 0.567 bits per heavy atom. The highest BCUT2D eigenvalue weighted by Crippen LogP contribution is 2.39. The van der Waals surface area contributed by atoms with Gasteiger partial charge in [-0.2, -0.15) is 0 Å². The van der Waals surface area contributed by atoms with E-state index >= 15 is 0 Å². The van der Waals surface area contributed by atoms with Gasteiger partial charge >= 0.3 is 11.9 Å². The number of carbonyl (C=O) groups is 2. The number of hydrogen-bond donors (Lipinski definition) is 0. The van der Waals surface area contributed by atoms with Gasteiger partial charge in [-0.3, -0.25) is 0 Å². The molecule has 2 aromatic rings. The number of rotatable bonds is 4. The van der Waals surface area contributed by atoms with E-state index in [1.54, 1.807) is 24.3 Å².